The summed E-state index contributed by atoms with van der Waals surface area (Å²) in [5, 5.41) is 17.5. The van der Waals surface area contributed by atoms with Crippen LogP contribution < -0.4 is 0 Å². The lowest BCUT2D eigenvalue weighted by Crippen LogP contribution is -2.00. The Bertz CT molecular complexity index is 333. The van der Waals surface area contributed by atoms with E-state index in [0.717, 1.165) is 18.2 Å². The van der Waals surface area contributed by atoms with Crippen LogP contribution in [0.5, 0.6) is 0 Å². The largest absolute Gasteiger partial charge is 0.478 e. The molecule has 1 aliphatic rings. The van der Waals surface area contributed by atoms with E-state index in [9.17, 15) is 14.7 Å². The number of allylic oxidation sites excluding steroid dienone is 2. The molecule has 88 valence electrons. The summed E-state index contributed by atoms with van der Waals surface area (Å²) >= 11 is 1.42. The second-order valence-electron chi connectivity index (χ2n) is 3.46. The Balaban J connectivity index is 2.14. The van der Waals surface area contributed by atoms with Crippen LogP contribution in [0.25, 0.3) is 0 Å². The van der Waals surface area contributed by atoms with E-state index in [1.165, 1.54) is 11.8 Å². The van der Waals surface area contributed by atoms with Gasteiger partial charge in [0.15, 0.2) is 5.78 Å². The van der Waals surface area contributed by atoms with Crippen molar-refractivity contribution in [1.82, 2.24) is 0 Å². The molecule has 1 unspecified atom stereocenters. The molecule has 0 saturated heterocycles. The minimum atomic E-state index is -0.940. The molecule has 0 spiro atoms. The number of carbonyl (C=O) groups excluding carboxylic acids is 1. The van der Waals surface area contributed by atoms with Gasteiger partial charge in [0.1, 0.15) is 0 Å². The van der Waals surface area contributed by atoms with Crippen LogP contribution in [-0.2, 0) is 9.59 Å². The molecule has 0 radical (unpaired) electrons. The van der Waals surface area contributed by atoms with E-state index in [1.54, 1.807) is 12.2 Å². The maximum Gasteiger partial charge on any atom is 0.327 e. The number of carbonyl (C=O) groups is 2. The van der Waals surface area contributed by atoms with Gasteiger partial charge in [-0.3, -0.25) is 4.79 Å². The monoisotopic (exact) mass is 242 g/mol. The molecule has 0 bridgehead atoms. The van der Waals surface area contributed by atoms with Crippen LogP contribution in [0.3, 0.4) is 0 Å². The number of aliphatic hydroxyl groups excluding tert-OH is 1. The molecule has 16 heavy (non-hydrogen) atoms. The van der Waals surface area contributed by atoms with Crippen molar-refractivity contribution in [2.24, 2.45) is 0 Å². The molecule has 0 fully saturated rings. The first kappa shape index (κ1) is 13.0. The third kappa shape index (κ3) is 4.63. The zero-order chi connectivity index (χ0) is 12.0. The van der Waals surface area contributed by atoms with Crippen molar-refractivity contribution in [1.29, 1.82) is 0 Å². The van der Waals surface area contributed by atoms with E-state index in [1.807, 2.05) is 0 Å². The highest BCUT2D eigenvalue weighted by Gasteiger charge is 2.21. The van der Waals surface area contributed by atoms with Gasteiger partial charge in [-0.2, -0.15) is 0 Å². The molecule has 5 heteroatoms. The summed E-state index contributed by atoms with van der Waals surface area (Å²) in [5.74, 6) is -0.183. The minimum Gasteiger partial charge on any atom is -0.478 e. The predicted molar refractivity (Wildman–Crippen MR) is 62.2 cm³/mol. The quantitative estimate of drug-likeness (QED) is 0.543. The third-order valence-corrected chi connectivity index (χ3v) is 3.21. The molecule has 0 amide bonds. The van der Waals surface area contributed by atoms with Gasteiger partial charge in [-0.15, -0.1) is 11.8 Å². The second kappa shape index (κ2) is 6.50. The first-order chi connectivity index (χ1) is 7.59. The van der Waals surface area contributed by atoms with Crippen LogP contribution in [0, 0.1) is 0 Å². The van der Waals surface area contributed by atoms with Crippen molar-refractivity contribution < 1.29 is 19.8 Å². The number of rotatable bonds is 6. The second-order valence-corrected chi connectivity index (χ2v) is 4.59. The fraction of sp³-hybridized carbons (Fsp3) is 0.455. The SMILES string of the molecule is O=C(O)C=CCCCSC1=CC(O)CC1=O. The fourth-order valence-corrected chi connectivity index (χ4v) is 2.34. The van der Waals surface area contributed by atoms with Crippen LogP contribution in [-0.4, -0.2) is 33.8 Å². The predicted octanol–water partition coefficient (Wildman–Crippen LogP) is 1.36. The molecule has 1 aliphatic carbocycles. The summed E-state index contributed by atoms with van der Waals surface area (Å²) in [6, 6.07) is 0. The maximum atomic E-state index is 11.3. The first-order valence-electron chi connectivity index (χ1n) is 5.05. The summed E-state index contributed by atoms with van der Waals surface area (Å²) in [7, 11) is 0. The molecule has 1 rings (SSSR count). The van der Waals surface area contributed by atoms with Crippen molar-refractivity contribution in [3.63, 3.8) is 0 Å². The first-order valence-corrected chi connectivity index (χ1v) is 6.03. The highest BCUT2D eigenvalue weighted by Crippen LogP contribution is 2.26. The molecule has 0 aliphatic heterocycles. The standard InChI is InChI=1S/C11H14O4S/c12-8-6-9(13)10(7-8)16-5-3-1-2-4-11(14)15/h2,4,7-8,12H,1,3,5-6H2,(H,14,15). The number of ketones is 1. The Morgan fingerprint density at radius 2 is 2.38 bits per heavy atom. The zero-order valence-electron chi connectivity index (χ0n) is 8.76. The van der Waals surface area contributed by atoms with Gasteiger partial charge in [0, 0.05) is 17.4 Å². The van der Waals surface area contributed by atoms with Crippen LogP contribution in [0.2, 0.25) is 0 Å². The molecule has 1 atom stereocenters. The fourth-order valence-electron chi connectivity index (χ4n) is 1.31. The zero-order valence-corrected chi connectivity index (χ0v) is 9.57. The highest BCUT2D eigenvalue weighted by atomic mass is 32.2. The molecule has 2 N–H and O–H groups in total. The molecule has 0 aromatic carbocycles. The number of aliphatic hydroxyl groups is 1. The summed E-state index contributed by atoms with van der Waals surface area (Å²) in [4.78, 5) is 22.0. The Kier molecular flexibility index (Phi) is 5.28. The molecule has 0 aromatic heterocycles. The maximum absolute atomic E-state index is 11.3. The van der Waals surface area contributed by atoms with Crippen LogP contribution in [0.4, 0.5) is 0 Å². The van der Waals surface area contributed by atoms with Gasteiger partial charge in [-0.1, -0.05) is 6.08 Å². The Hall–Kier alpha value is -1.07. The molecule has 0 heterocycles. The Morgan fingerprint density at radius 3 is 2.94 bits per heavy atom. The number of aliphatic carboxylic acids is 1. The molecular weight excluding hydrogens is 228 g/mol. The van der Waals surface area contributed by atoms with E-state index in [0.29, 0.717) is 11.3 Å². The van der Waals surface area contributed by atoms with Gasteiger partial charge in [0.2, 0.25) is 0 Å². The lowest BCUT2D eigenvalue weighted by atomic mass is 10.3. The van der Waals surface area contributed by atoms with E-state index in [2.05, 4.69) is 0 Å². The van der Waals surface area contributed by atoms with Gasteiger partial charge in [-0.25, -0.2) is 4.79 Å². The average Bonchev–Trinajstić information content (AvgIpc) is 2.50. The van der Waals surface area contributed by atoms with E-state index in [-0.39, 0.29) is 12.2 Å². The van der Waals surface area contributed by atoms with Gasteiger partial charge < -0.3 is 10.2 Å². The summed E-state index contributed by atoms with van der Waals surface area (Å²) in [5.41, 5.74) is 0. The normalized spacial score (nSPS) is 20.4. The Labute approximate surface area is 98.0 Å². The third-order valence-electron chi connectivity index (χ3n) is 2.05. The van der Waals surface area contributed by atoms with Crippen molar-refractivity contribution in [3.05, 3.63) is 23.1 Å². The van der Waals surface area contributed by atoms with Crippen molar-refractivity contribution in [3.8, 4) is 0 Å². The average molecular weight is 242 g/mol. The van der Waals surface area contributed by atoms with E-state index >= 15 is 0 Å². The lowest BCUT2D eigenvalue weighted by molar-refractivity contribution is -0.131. The smallest absolute Gasteiger partial charge is 0.327 e. The van der Waals surface area contributed by atoms with E-state index < -0.39 is 12.1 Å². The number of unbranched alkanes of at least 4 members (excludes halogenated alkanes) is 1. The molecular formula is C11H14O4S. The summed E-state index contributed by atoms with van der Waals surface area (Å²) in [6.45, 7) is 0. The number of hydrogen-bond acceptors (Lipinski definition) is 4. The number of Topliss-reactive ketones (excluding diaryl/α,β-unsaturated/α-hetero) is 1. The molecule has 0 saturated carbocycles. The minimum absolute atomic E-state index is 0.00132. The van der Waals surface area contributed by atoms with Gasteiger partial charge in [0.05, 0.1) is 6.10 Å². The number of carboxylic acid groups (broad SMARTS) is 1. The highest BCUT2D eigenvalue weighted by molar-refractivity contribution is 8.04. The number of thioether (sulfide) groups is 1. The number of carboxylic acids is 1. The lowest BCUT2D eigenvalue weighted by Gasteiger charge is -1.98. The van der Waals surface area contributed by atoms with Crippen LogP contribution in [0.15, 0.2) is 23.1 Å². The van der Waals surface area contributed by atoms with Crippen LogP contribution >= 0.6 is 11.8 Å². The van der Waals surface area contributed by atoms with Gasteiger partial charge in [-0.05, 0) is 24.7 Å². The summed E-state index contributed by atoms with van der Waals surface area (Å²) < 4.78 is 0. The van der Waals surface area contributed by atoms with Crippen molar-refractivity contribution in [2.75, 3.05) is 5.75 Å². The van der Waals surface area contributed by atoms with Gasteiger partial charge in [0.25, 0.3) is 0 Å². The summed E-state index contributed by atoms with van der Waals surface area (Å²) in [6.07, 6.45) is 5.37. The van der Waals surface area contributed by atoms with Crippen LogP contribution in [0.1, 0.15) is 19.3 Å². The van der Waals surface area contributed by atoms with Gasteiger partial charge >= 0.3 is 5.97 Å². The molecule has 0 aromatic rings. The van der Waals surface area contributed by atoms with Crippen molar-refractivity contribution in [2.45, 2.75) is 25.4 Å². The number of hydrogen-bond donors (Lipinski definition) is 2. The Morgan fingerprint density at radius 1 is 1.62 bits per heavy atom. The van der Waals surface area contributed by atoms with Crippen molar-refractivity contribution >= 4 is 23.5 Å². The topological polar surface area (TPSA) is 74.6 Å². The molecule has 4 nitrogen and oxygen atoms in total. The van der Waals surface area contributed by atoms with E-state index in [4.69, 9.17) is 5.11 Å².